The van der Waals surface area contributed by atoms with Gasteiger partial charge in [0.2, 0.25) is 5.91 Å². The number of ketones is 1. The second-order valence-electron chi connectivity index (χ2n) is 7.24. The number of rotatable bonds is 8. The first kappa shape index (κ1) is 23.1. The highest BCUT2D eigenvalue weighted by Gasteiger charge is 2.47. The molecule has 3 atom stereocenters. The SMILES string of the molecule is CC[C@H]1SCC(=O)[C@]1(C)NC(=O)[C@H](CC(C)C)OCc1ccccc1.S. The van der Waals surface area contributed by atoms with Crippen molar-refractivity contribution in [1.29, 1.82) is 0 Å². The van der Waals surface area contributed by atoms with Crippen LogP contribution < -0.4 is 5.32 Å². The molecule has 2 rings (SSSR count). The average molecular weight is 398 g/mol. The fraction of sp³-hybridized carbons (Fsp3) is 0.600. The van der Waals surface area contributed by atoms with Crippen LogP contribution in [0.1, 0.15) is 46.1 Å². The number of hydrogen-bond donors (Lipinski definition) is 1. The van der Waals surface area contributed by atoms with E-state index in [0.29, 0.717) is 24.7 Å². The number of amides is 1. The second kappa shape index (κ2) is 10.4. The van der Waals surface area contributed by atoms with Gasteiger partial charge in [-0.3, -0.25) is 9.59 Å². The molecule has 146 valence electrons. The van der Waals surface area contributed by atoms with Gasteiger partial charge in [0.15, 0.2) is 5.78 Å². The minimum atomic E-state index is -0.790. The zero-order valence-corrected chi connectivity index (χ0v) is 17.9. The maximum absolute atomic E-state index is 12.9. The number of Topliss-reactive ketones (excluding diaryl/α,β-unsaturated/α-hetero) is 1. The Balaban J connectivity index is 0.00000338. The van der Waals surface area contributed by atoms with Gasteiger partial charge in [0.25, 0.3) is 0 Å². The molecule has 0 aromatic heterocycles. The van der Waals surface area contributed by atoms with Crippen LogP contribution in [-0.2, 0) is 20.9 Å². The van der Waals surface area contributed by atoms with Crippen molar-refractivity contribution in [3.8, 4) is 0 Å². The fourth-order valence-corrected chi connectivity index (χ4v) is 4.55. The molecular formula is C20H31NO3S2. The first-order valence-electron chi connectivity index (χ1n) is 8.99. The van der Waals surface area contributed by atoms with Crippen molar-refractivity contribution in [2.24, 2.45) is 5.92 Å². The summed E-state index contributed by atoms with van der Waals surface area (Å²) >= 11 is 1.63. The molecule has 1 N–H and O–H groups in total. The van der Waals surface area contributed by atoms with Gasteiger partial charge in [-0.1, -0.05) is 51.1 Å². The van der Waals surface area contributed by atoms with E-state index in [1.807, 2.05) is 37.3 Å². The van der Waals surface area contributed by atoms with Gasteiger partial charge >= 0.3 is 0 Å². The maximum Gasteiger partial charge on any atom is 0.249 e. The van der Waals surface area contributed by atoms with E-state index in [2.05, 4.69) is 26.1 Å². The molecule has 1 aromatic carbocycles. The third-order valence-corrected chi connectivity index (χ3v) is 6.30. The Kier molecular flexibility index (Phi) is 9.21. The highest BCUT2D eigenvalue weighted by atomic mass is 32.2. The molecule has 0 bridgehead atoms. The molecule has 0 unspecified atom stereocenters. The molecule has 0 spiro atoms. The van der Waals surface area contributed by atoms with Crippen LogP contribution in [0.15, 0.2) is 30.3 Å². The summed E-state index contributed by atoms with van der Waals surface area (Å²) in [5, 5.41) is 3.14. The van der Waals surface area contributed by atoms with Crippen LogP contribution in [0.2, 0.25) is 0 Å². The Bertz CT molecular complexity index is 594. The molecule has 1 saturated heterocycles. The predicted molar refractivity (Wildman–Crippen MR) is 113 cm³/mol. The summed E-state index contributed by atoms with van der Waals surface area (Å²) in [6.45, 7) is 8.43. The van der Waals surface area contributed by atoms with Crippen molar-refractivity contribution in [3.05, 3.63) is 35.9 Å². The lowest BCUT2D eigenvalue weighted by Gasteiger charge is -2.32. The van der Waals surface area contributed by atoms with Crippen LogP contribution in [0.4, 0.5) is 0 Å². The van der Waals surface area contributed by atoms with Crippen molar-refractivity contribution in [2.75, 3.05) is 5.75 Å². The largest absolute Gasteiger partial charge is 0.364 e. The summed E-state index contributed by atoms with van der Waals surface area (Å²) in [6.07, 6.45) is 0.938. The van der Waals surface area contributed by atoms with E-state index in [9.17, 15) is 9.59 Å². The van der Waals surface area contributed by atoms with Crippen molar-refractivity contribution in [2.45, 2.75) is 64.0 Å². The number of hydrogen-bond acceptors (Lipinski definition) is 4. The topological polar surface area (TPSA) is 55.4 Å². The molecule has 1 amide bonds. The zero-order valence-electron chi connectivity index (χ0n) is 16.1. The molecule has 6 heteroatoms. The standard InChI is InChI=1S/C20H29NO3S.H2S/c1-5-18-20(4,17(22)13-25-18)21-19(23)16(11-14(2)3)24-12-15-9-7-6-8-10-15;/h6-10,14,16,18H,5,11-13H2,1-4H3,(H,21,23);1H2/t16-,18+,20-;/m0./s1. The summed E-state index contributed by atoms with van der Waals surface area (Å²) in [5.74, 6) is 0.718. The van der Waals surface area contributed by atoms with E-state index in [-0.39, 0.29) is 30.4 Å². The van der Waals surface area contributed by atoms with Gasteiger partial charge in [0, 0.05) is 5.25 Å². The highest BCUT2D eigenvalue weighted by molar-refractivity contribution is 8.01. The Morgan fingerprint density at radius 3 is 2.58 bits per heavy atom. The van der Waals surface area contributed by atoms with Crippen molar-refractivity contribution in [1.82, 2.24) is 5.32 Å². The van der Waals surface area contributed by atoms with Gasteiger partial charge in [0.1, 0.15) is 11.6 Å². The number of carbonyl (C=O) groups excluding carboxylic acids is 2. The van der Waals surface area contributed by atoms with E-state index in [4.69, 9.17) is 4.74 Å². The molecule has 4 nitrogen and oxygen atoms in total. The van der Waals surface area contributed by atoms with E-state index in [1.165, 1.54) is 0 Å². The molecule has 1 aliphatic heterocycles. The fourth-order valence-electron chi connectivity index (χ4n) is 3.14. The Morgan fingerprint density at radius 1 is 1.35 bits per heavy atom. The maximum atomic E-state index is 12.9. The smallest absolute Gasteiger partial charge is 0.249 e. The van der Waals surface area contributed by atoms with Crippen molar-refractivity contribution < 1.29 is 14.3 Å². The van der Waals surface area contributed by atoms with E-state index < -0.39 is 11.6 Å². The normalized spacial score (nSPS) is 23.6. The predicted octanol–water partition coefficient (Wildman–Crippen LogP) is 3.70. The Labute approximate surface area is 168 Å². The van der Waals surface area contributed by atoms with Crippen LogP contribution in [0, 0.1) is 5.92 Å². The second-order valence-corrected chi connectivity index (χ2v) is 8.43. The van der Waals surface area contributed by atoms with Crippen LogP contribution in [0.25, 0.3) is 0 Å². The molecule has 0 aliphatic carbocycles. The Morgan fingerprint density at radius 2 is 2.00 bits per heavy atom. The number of nitrogens with one attached hydrogen (secondary N) is 1. The Hall–Kier alpha value is -0.980. The van der Waals surface area contributed by atoms with Crippen LogP contribution >= 0.6 is 25.3 Å². The monoisotopic (exact) mass is 397 g/mol. The third-order valence-electron chi connectivity index (χ3n) is 4.66. The van der Waals surface area contributed by atoms with Crippen molar-refractivity contribution >= 4 is 36.9 Å². The molecule has 1 aliphatic rings. The van der Waals surface area contributed by atoms with Crippen LogP contribution in [-0.4, -0.2) is 34.3 Å². The summed E-state index contributed by atoms with van der Waals surface area (Å²) < 4.78 is 5.93. The van der Waals surface area contributed by atoms with Gasteiger partial charge in [-0.25, -0.2) is 0 Å². The third kappa shape index (κ3) is 5.76. The van der Waals surface area contributed by atoms with Gasteiger partial charge in [-0.15, -0.1) is 11.8 Å². The minimum absolute atomic E-state index is 0. The lowest BCUT2D eigenvalue weighted by Crippen LogP contribution is -2.58. The lowest BCUT2D eigenvalue weighted by molar-refractivity contribution is -0.139. The molecule has 0 radical (unpaired) electrons. The van der Waals surface area contributed by atoms with Gasteiger partial charge in [0.05, 0.1) is 12.4 Å². The van der Waals surface area contributed by atoms with E-state index in [0.717, 1.165) is 12.0 Å². The molecule has 1 fully saturated rings. The number of carbonyl (C=O) groups is 2. The average Bonchev–Trinajstić information content (AvgIpc) is 2.86. The number of thioether (sulfide) groups is 1. The van der Waals surface area contributed by atoms with Crippen LogP contribution in [0.3, 0.4) is 0 Å². The van der Waals surface area contributed by atoms with Gasteiger partial charge < -0.3 is 10.1 Å². The minimum Gasteiger partial charge on any atom is -0.364 e. The quantitative estimate of drug-likeness (QED) is 0.727. The van der Waals surface area contributed by atoms with Crippen LogP contribution in [0.5, 0.6) is 0 Å². The molecule has 1 aromatic rings. The number of benzene rings is 1. The van der Waals surface area contributed by atoms with E-state index in [1.54, 1.807) is 11.8 Å². The van der Waals surface area contributed by atoms with E-state index >= 15 is 0 Å². The molecule has 26 heavy (non-hydrogen) atoms. The molecule has 0 saturated carbocycles. The van der Waals surface area contributed by atoms with Gasteiger partial charge in [-0.2, -0.15) is 13.5 Å². The summed E-state index contributed by atoms with van der Waals surface area (Å²) in [5.41, 5.74) is 0.246. The first-order valence-corrected chi connectivity index (χ1v) is 10.0. The highest BCUT2D eigenvalue weighted by Crippen LogP contribution is 2.35. The summed E-state index contributed by atoms with van der Waals surface area (Å²) in [6, 6.07) is 9.83. The van der Waals surface area contributed by atoms with Gasteiger partial charge in [-0.05, 0) is 31.2 Å². The molecule has 1 heterocycles. The zero-order chi connectivity index (χ0) is 18.4. The molecular weight excluding hydrogens is 366 g/mol. The lowest BCUT2D eigenvalue weighted by atomic mass is 9.91. The first-order chi connectivity index (χ1) is 11.9. The summed E-state index contributed by atoms with van der Waals surface area (Å²) in [4.78, 5) is 25.2. The summed E-state index contributed by atoms with van der Waals surface area (Å²) in [7, 11) is 0. The number of ether oxygens (including phenoxy) is 1. The van der Waals surface area contributed by atoms with Crippen molar-refractivity contribution in [3.63, 3.8) is 0 Å².